The van der Waals surface area contributed by atoms with E-state index in [9.17, 15) is 32.5 Å². The van der Waals surface area contributed by atoms with Crippen molar-refractivity contribution in [2.45, 2.75) is 13.1 Å². The summed E-state index contributed by atoms with van der Waals surface area (Å²) in [6, 6.07) is 10.3. The zero-order valence-corrected chi connectivity index (χ0v) is 16.7. The molecule has 0 aliphatic heterocycles. The van der Waals surface area contributed by atoms with Crippen molar-refractivity contribution < 1.29 is 27.3 Å². The summed E-state index contributed by atoms with van der Waals surface area (Å²) in [5.74, 6) is -1.38. The van der Waals surface area contributed by atoms with Crippen LogP contribution < -0.4 is 5.32 Å². The van der Waals surface area contributed by atoms with E-state index >= 15 is 0 Å². The summed E-state index contributed by atoms with van der Waals surface area (Å²) in [5, 5.41) is 17.1. The molecule has 0 fully saturated rings. The number of anilines is 1. The molecule has 168 valence electrons. The van der Waals surface area contributed by atoms with E-state index < -0.39 is 28.5 Å². The third-order valence-electron chi connectivity index (χ3n) is 4.76. The maximum atomic E-state index is 13.7. The largest absolute Gasteiger partial charge is 0.433 e. The van der Waals surface area contributed by atoms with Crippen LogP contribution in [0.5, 0.6) is 0 Å². The minimum atomic E-state index is -4.81. The van der Waals surface area contributed by atoms with Gasteiger partial charge in [0.1, 0.15) is 5.82 Å². The molecule has 0 saturated carbocycles. The number of hydrogen-bond donors (Lipinski definition) is 1. The van der Waals surface area contributed by atoms with Gasteiger partial charge in [0.15, 0.2) is 17.0 Å². The van der Waals surface area contributed by atoms with Gasteiger partial charge in [-0.1, -0.05) is 0 Å². The summed E-state index contributed by atoms with van der Waals surface area (Å²) in [4.78, 5) is 27.0. The maximum absolute atomic E-state index is 13.7. The van der Waals surface area contributed by atoms with E-state index in [-0.39, 0.29) is 34.0 Å². The van der Waals surface area contributed by atoms with Crippen molar-refractivity contribution in [2.24, 2.45) is 0 Å². The van der Waals surface area contributed by atoms with Gasteiger partial charge in [0.25, 0.3) is 11.6 Å². The molecule has 12 heteroatoms. The molecule has 1 N–H and O–H groups in total. The van der Waals surface area contributed by atoms with Crippen LogP contribution in [-0.2, 0) is 6.18 Å². The summed E-state index contributed by atoms with van der Waals surface area (Å²) in [5.41, 5.74) is -1.14. The molecule has 8 nitrogen and oxygen atoms in total. The van der Waals surface area contributed by atoms with Gasteiger partial charge in [0, 0.05) is 29.4 Å². The van der Waals surface area contributed by atoms with Gasteiger partial charge in [0.05, 0.1) is 10.6 Å². The van der Waals surface area contributed by atoms with E-state index in [1.54, 1.807) is 0 Å². The molecule has 0 bridgehead atoms. The van der Waals surface area contributed by atoms with E-state index in [0.717, 1.165) is 24.3 Å². The number of nitrogens with one attached hydrogen (secondary N) is 1. The first kappa shape index (κ1) is 21.9. The van der Waals surface area contributed by atoms with Crippen LogP contribution in [-0.4, -0.2) is 25.4 Å². The average Bonchev–Trinajstić information content (AvgIpc) is 3.18. The normalized spacial score (nSPS) is 11.5. The highest BCUT2D eigenvalue weighted by Gasteiger charge is 2.35. The maximum Gasteiger partial charge on any atom is 0.433 e. The number of halogens is 4. The predicted octanol–water partition coefficient (Wildman–Crippen LogP) is 5.02. The fraction of sp³-hybridized carbons (Fsp3) is 0.0952. The van der Waals surface area contributed by atoms with Gasteiger partial charge >= 0.3 is 6.18 Å². The molecular weight excluding hydrogens is 446 g/mol. The minimum Gasteiger partial charge on any atom is -0.320 e. The Morgan fingerprint density at radius 3 is 2.39 bits per heavy atom. The Hall–Kier alpha value is -4.35. The summed E-state index contributed by atoms with van der Waals surface area (Å²) >= 11 is 0. The number of non-ortho nitro benzene ring substituents is 1. The third kappa shape index (κ3) is 4.35. The van der Waals surface area contributed by atoms with Gasteiger partial charge < -0.3 is 5.32 Å². The topological polar surface area (TPSA) is 102 Å². The number of alkyl halides is 3. The number of nitro groups is 1. The first-order valence-corrected chi connectivity index (χ1v) is 9.33. The molecule has 1 amide bonds. The molecule has 2 aromatic heterocycles. The molecule has 0 aliphatic rings. The Bertz CT molecular complexity index is 1400. The number of amides is 1. The molecule has 0 atom stereocenters. The van der Waals surface area contributed by atoms with Crippen LogP contribution >= 0.6 is 0 Å². The standard InChI is InChI=1S/C21H13F4N5O3/c1-11-8-14(30(32)33)6-7-15(11)27-20(31)17-10-19-26-16(12-2-4-13(22)5-3-12)9-18(21(23,24)25)29(19)28-17/h2-10H,1H3,(H,27,31). The van der Waals surface area contributed by atoms with Crippen molar-refractivity contribution in [1.82, 2.24) is 14.6 Å². The lowest BCUT2D eigenvalue weighted by molar-refractivity contribution is -0.384. The van der Waals surface area contributed by atoms with E-state index in [4.69, 9.17) is 0 Å². The number of benzene rings is 2. The Morgan fingerprint density at radius 1 is 1.09 bits per heavy atom. The van der Waals surface area contributed by atoms with Crippen LogP contribution in [0.15, 0.2) is 54.6 Å². The number of rotatable bonds is 4. The SMILES string of the molecule is Cc1cc([N+](=O)[O-])ccc1NC(=O)c1cc2nc(-c3ccc(F)cc3)cc(C(F)(F)F)n2n1. The van der Waals surface area contributed by atoms with Crippen LogP contribution in [0.3, 0.4) is 0 Å². The van der Waals surface area contributed by atoms with Crippen molar-refractivity contribution >= 4 is 22.9 Å². The lowest BCUT2D eigenvalue weighted by atomic mass is 10.1. The Balaban J connectivity index is 1.74. The molecular formula is C21H13F4N5O3. The van der Waals surface area contributed by atoms with Gasteiger partial charge in [-0.05, 0) is 48.9 Å². The second kappa shape index (κ2) is 7.97. The quantitative estimate of drug-likeness (QED) is 0.262. The van der Waals surface area contributed by atoms with Crippen LogP contribution in [0.1, 0.15) is 21.7 Å². The van der Waals surface area contributed by atoms with E-state index in [0.29, 0.717) is 10.1 Å². The van der Waals surface area contributed by atoms with Crippen LogP contribution in [0, 0.1) is 22.9 Å². The minimum absolute atomic E-state index is 0.0760. The summed E-state index contributed by atoms with van der Waals surface area (Å²) in [6.07, 6.45) is -4.81. The Kier molecular flexibility index (Phi) is 5.28. The number of carbonyl (C=O) groups excluding carboxylic acids is 1. The van der Waals surface area contributed by atoms with Gasteiger partial charge in [-0.25, -0.2) is 13.9 Å². The number of hydrogen-bond acceptors (Lipinski definition) is 5. The predicted molar refractivity (Wildman–Crippen MR) is 109 cm³/mol. The molecule has 33 heavy (non-hydrogen) atoms. The van der Waals surface area contributed by atoms with Crippen molar-refractivity contribution in [1.29, 1.82) is 0 Å². The van der Waals surface area contributed by atoms with Gasteiger partial charge in [-0.2, -0.15) is 18.3 Å². The molecule has 4 aromatic rings. The molecule has 0 radical (unpaired) electrons. The number of aryl methyl sites for hydroxylation is 1. The fourth-order valence-corrected chi connectivity index (χ4v) is 3.14. The van der Waals surface area contributed by atoms with E-state index in [2.05, 4.69) is 15.4 Å². The fourth-order valence-electron chi connectivity index (χ4n) is 3.14. The molecule has 0 spiro atoms. The first-order chi connectivity index (χ1) is 15.5. The second-order valence-electron chi connectivity index (χ2n) is 7.04. The highest BCUT2D eigenvalue weighted by molar-refractivity contribution is 6.04. The Labute approximate surface area is 182 Å². The van der Waals surface area contributed by atoms with Crippen LogP contribution in [0.2, 0.25) is 0 Å². The second-order valence-corrected chi connectivity index (χ2v) is 7.04. The van der Waals surface area contributed by atoms with Crippen molar-refractivity contribution in [3.05, 3.63) is 87.5 Å². The zero-order valence-electron chi connectivity index (χ0n) is 16.7. The lowest BCUT2D eigenvalue weighted by Crippen LogP contribution is -2.16. The zero-order chi connectivity index (χ0) is 23.9. The molecule has 0 unspecified atom stereocenters. The van der Waals surface area contributed by atoms with E-state index in [1.165, 1.54) is 37.3 Å². The van der Waals surface area contributed by atoms with Crippen LogP contribution in [0.25, 0.3) is 16.9 Å². The van der Waals surface area contributed by atoms with Gasteiger partial charge in [-0.15, -0.1) is 0 Å². The Morgan fingerprint density at radius 2 is 1.79 bits per heavy atom. The molecule has 0 saturated heterocycles. The molecule has 0 aliphatic carbocycles. The van der Waals surface area contributed by atoms with Crippen molar-refractivity contribution in [2.75, 3.05) is 5.32 Å². The smallest absolute Gasteiger partial charge is 0.320 e. The summed E-state index contributed by atoms with van der Waals surface area (Å²) in [6.45, 7) is 1.53. The number of carbonyl (C=O) groups is 1. The highest BCUT2D eigenvalue weighted by Crippen LogP contribution is 2.32. The van der Waals surface area contributed by atoms with Gasteiger partial charge in [-0.3, -0.25) is 14.9 Å². The lowest BCUT2D eigenvalue weighted by Gasteiger charge is -2.11. The number of nitrogens with zero attached hydrogens (tertiary/aromatic N) is 4. The molecule has 4 rings (SSSR count). The summed E-state index contributed by atoms with van der Waals surface area (Å²) < 4.78 is 54.8. The monoisotopic (exact) mass is 459 g/mol. The van der Waals surface area contributed by atoms with E-state index in [1.807, 2.05) is 0 Å². The molecule has 2 heterocycles. The van der Waals surface area contributed by atoms with Gasteiger partial charge in [0.2, 0.25) is 0 Å². The van der Waals surface area contributed by atoms with Crippen LogP contribution in [0.4, 0.5) is 28.9 Å². The first-order valence-electron chi connectivity index (χ1n) is 9.33. The summed E-state index contributed by atoms with van der Waals surface area (Å²) in [7, 11) is 0. The number of fused-ring (bicyclic) bond motifs is 1. The number of nitro benzene ring substituents is 1. The highest BCUT2D eigenvalue weighted by atomic mass is 19.4. The number of aromatic nitrogens is 3. The third-order valence-corrected chi connectivity index (χ3v) is 4.76. The van der Waals surface area contributed by atoms with Crippen molar-refractivity contribution in [3.8, 4) is 11.3 Å². The average molecular weight is 459 g/mol. The van der Waals surface area contributed by atoms with Crippen molar-refractivity contribution in [3.63, 3.8) is 0 Å². The molecule has 2 aromatic carbocycles.